The summed E-state index contributed by atoms with van der Waals surface area (Å²) in [5.74, 6) is 1.99. The Bertz CT molecular complexity index is 885. The lowest BCUT2D eigenvalue weighted by atomic mass is 10.3. The molecule has 142 valence electrons. The van der Waals surface area contributed by atoms with Gasteiger partial charge in [0.05, 0.1) is 50.4 Å². The molecule has 2 aliphatic heterocycles. The van der Waals surface area contributed by atoms with Gasteiger partial charge in [-0.25, -0.2) is 4.98 Å². The first-order chi connectivity index (χ1) is 13.4. The molecule has 2 aromatic heterocycles. The zero-order valence-electron chi connectivity index (χ0n) is 15.5. The van der Waals surface area contributed by atoms with Gasteiger partial charge in [-0.05, 0) is 24.3 Å². The largest absolute Gasteiger partial charge is 0.467 e. The molecule has 1 saturated heterocycles. The smallest absolute Gasteiger partial charge is 0.209 e. The third-order valence-corrected chi connectivity index (χ3v) is 5.39. The first-order valence-electron chi connectivity index (χ1n) is 9.62. The van der Waals surface area contributed by atoms with Crippen LogP contribution >= 0.6 is 0 Å². The normalized spacial score (nSPS) is 18.9. The van der Waals surface area contributed by atoms with Crippen molar-refractivity contribution in [3.63, 3.8) is 0 Å². The third-order valence-electron chi connectivity index (χ3n) is 5.39. The summed E-state index contributed by atoms with van der Waals surface area (Å²) >= 11 is 0. The topological polar surface area (TPSA) is 49.9 Å². The maximum Gasteiger partial charge on any atom is 0.209 e. The van der Waals surface area contributed by atoms with Crippen molar-refractivity contribution in [1.29, 1.82) is 0 Å². The number of nitrogens with zero attached hydrogens (tertiary/aromatic N) is 5. The van der Waals surface area contributed by atoms with Crippen molar-refractivity contribution in [2.75, 3.05) is 51.0 Å². The predicted octanol–water partition coefficient (Wildman–Crippen LogP) is 2.20. The van der Waals surface area contributed by atoms with Gasteiger partial charge in [-0.15, -0.1) is 0 Å². The summed E-state index contributed by atoms with van der Waals surface area (Å²) in [7, 11) is 0. The van der Waals surface area contributed by atoms with Gasteiger partial charge in [-0.2, -0.15) is 0 Å². The molecule has 0 spiro atoms. The van der Waals surface area contributed by atoms with Crippen LogP contribution in [0.25, 0.3) is 11.0 Å². The highest BCUT2D eigenvalue weighted by Crippen LogP contribution is 2.28. The van der Waals surface area contributed by atoms with Crippen LogP contribution in [-0.4, -0.2) is 65.4 Å². The molecule has 1 fully saturated rings. The maximum atomic E-state index is 5.60. The SMILES string of the molecule is c1coc(CN2CN(CCN3CCOCC3)Cn3c2nc2ccccc23)c1. The van der Waals surface area contributed by atoms with Gasteiger partial charge in [0.25, 0.3) is 0 Å². The molecule has 2 aliphatic rings. The molecule has 0 aliphatic carbocycles. The van der Waals surface area contributed by atoms with E-state index in [1.54, 1.807) is 6.26 Å². The van der Waals surface area contributed by atoms with Crippen molar-refractivity contribution in [2.45, 2.75) is 13.2 Å². The fourth-order valence-corrected chi connectivity index (χ4v) is 3.95. The van der Waals surface area contributed by atoms with Crippen LogP contribution in [0.3, 0.4) is 0 Å². The van der Waals surface area contributed by atoms with E-state index < -0.39 is 0 Å². The van der Waals surface area contributed by atoms with Gasteiger partial charge in [0.1, 0.15) is 5.76 Å². The zero-order valence-corrected chi connectivity index (χ0v) is 15.5. The molecule has 0 bridgehead atoms. The van der Waals surface area contributed by atoms with E-state index in [4.69, 9.17) is 14.1 Å². The van der Waals surface area contributed by atoms with Crippen molar-refractivity contribution >= 4 is 17.0 Å². The standard InChI is InChI=1S/C20H25N5O2/c1-2-6-19-18(5-1)21-20-24(14-17-4-3-11-27-17)15-23(16-25(19)20)8-7-22-9-12-26-13-10-22/h1-6,11H,7-10,12-16H2. The lowest BCUT2D eigenvalue weighted by molar-refractivity contribution is 0.0309. The molecular weight excluding hydrogens is 342 g/mol. The molecular formula is C20H25N5O2. The summed E-state index contributed by atoms with van der Waals surface area (Å²) in [6, 6.07) is 12.3. The third kappa shape index (κ3) is 3.45. The molecule has 0 atom stereocenters. The second kappa shape index (κ2) is 7.34. The van der Waals surface area contributed by atoms with Gasteiger partial charge < -0.3 is 14.1 Å². The van der Waals surface area contributed by atoms with Crippen molar-refractivity contribution in [2.24, 2.45) is 0 Å². The minimum Gasteiger partial charge on any atom is -0.467 e. The zero-order chi connectivity index (χ0) is 18.1. The van der Waals surface area contributed by atoms with E-state index in [1.165, 1.54) is 5.52 Å². The van der Waals surface area contributed by atoms with Crippen molar-refractivity contribution in [1.82, 2.24) is 19.4 Å². The predicted molar refractivity (Wildman–Crippen MR) is 103 cm³/mol. The van der Waals surface area contributed by atoms with Gasteiger partial charge in [0.2, 0.25) is 5.95 Å². The summed E-state index contributed by atoms with van der Waals surface area (Å²) in [5, 5.41) is 0. The number of morpholine rings is 1. The number of aromatic nitrogens is 2. The van der Waals surface area contributed by atoms with Crippen molar-refractivity contribution in [3.05, 3.63) is 48.4 Å². The van der Waals surface area contributed by atoms with Gasteiger partial charge in [0, 0.05) is 26.2 Å². The quantitative estimate of drug-likeness (QED) is 0.689. The highest BCUT2D eigenvalue weighted by molar-refractivity contribution is 5.79. The van der Waals surface area contributed by atoms with Gasteiger partial charge in [-0.1, -0.05) is 12.1 Å². The Hall–Kier alpha value is -2.35. The molecule has 5 rings (SSSR count). The Balaban J connectivity index is 1.39. The van der Waals surface area contributed by atoms with E-state index in [-0.39, 0.29) is 0 Å². The van der Waals surface area contributed by atoms with Crippen molar-refractivity contribution in [3.8, 4) is 0 Å². The Morgan fingerprint density at radius 2 is 1.78 bits per heavy atom. The minimum atomic E-state index is 0.727. The Labute approximate surface area is 158 Å². The van der Waals surface area contributed by atoms with E-state index in [0.29, 0.717) is 0 Å². The van der Waals surface area contributed by atoms with Crippen LogP contribution in [0.5, 0.6) is 0 Å². The summed E-state index contributed by atoms with van der Waals surface area (Å²) in [6.07, 6.45) is 1.73. The van der Waals surface area contributed by atoms with Gasteiger partial charge in [0.15, 0.2) is 0 Å². The number of hydrogen-bond donors (Lipinski definition) is 0. The molecule has 0 saturated carbocycles. The molecule has 3 aromatic rings. The maximum absolute atomic E-state index is 5.60. The number of fused-ring (bicyclic) bond motifs is 3. The fourth-order valence-electron chi connectivity index (χ4n) is 3.95. The monoisotopic (exact) mass is 367 g/mol. The molecule has 27 heavy (non-hydrogen) atoms. The molecule has 0 radical (unpaired) electrons. The van der Waals surface area contributed by atoms with E-state index >= 15 is 0 Å². The molecule has 7 heteroatoms. The van der Waals surface area contributed by atoms with E-state index in [0.717, 1.165) is 76.5 Å². The molecule has 0 N–H and O–H groups in total. The Morgan fingerprint density at radius 3 is 2.63 bits per heavy atom. The molecule has 1 aromatic carbocycles. The van der Waals surface area contributed by atoms with Crippen LogP contribution in [0.2, 0.25) is 0 Å². The summed E-state index contributed by atoms with van der Waals surface area (Å²) in [6.45, 7) is 8.31. The first kappa shape index (κ1) is 16.8. The number of rotatable bonds is 5. The lowest BCUT2D eigenvalue weighted by Crippen LogP contribution is -2.48. The average Bonchev–Trinajstić information content (AvgIpc) is 3.35. The molecule has 0 unspecified atom stereocenters. The Kier molecular flexibility index (Phi) is 4.57. The van der Waals surface area contributed by atoms with E-state index in [2.05, 4.69) is 43.5 Å². The van der Waals surface area contributed by atoms with E-state index in [1.807, 2.05) is 12.1 Å². The van der Waals surface area contributed by atoms with Crippen LogP contribution in [-0.2, 0) is 18.0 Å². The molecule has 4 heterocycles. The number of anilines is 1. The van der Waals surface area contributed by atoms with Crippen LogP contribution in [0.1, 0.15) is 5.76 Å². The number of imidazole rings is 1. The van der Waals surface area contributed by atoms with E-state index in [9.17, 15) is 0 Å². The van der Waals surface area contributed by atoms with Gasteiger partial charge in [-0.3, -0.25) is 14.4 Å². The highest BCUT2D eigenvalue weighted by atomic mass is 16.5. The lowest BCUT2D eigenvalue weighted by Gasteiger charge is -2.38. The van der Waals surface area contributed by atoms with Crippen LogP contribution in [0.4, 0.5) is 5.95 Å². The summed E-state index contributed by atoms with van der Waals surface area (Å²) in [5.41, 5.74) is 2.24. The van der Waals surface area contributed by atoms with Crippen LogP contribution in [0.15, 0.2) is 47.1 Å². The minimum absolute atomic E-state index is 0.727. The number of furan rings is 1. The number of hydrogen-bond acceptors (Lipinski definition) is 6. The second-order valence-electron chi connectivity index (χ2n) is 7.24. The van der Waals surface area contributed by atoms with Crippen LogP contribution in [0, 0.1) is 0 Å². The fraction of sp³-hybridized carbons (Fsp3) is 0.450. The number of benzene rings is 1. The second-order valence-corrected chi connectivity index (χ2v) is 7.24. The number of ether oxygens (including phenoxy) is 1. The average molecular weight is 367 g/mol. The molecule has 0 amide bonds. The molecule has 7 nitrogen and oxygen atoms in total. The van der Waals surface area contributed by atoms with Crippen molar-refractivity contribution < 1.29 is 9.15 Å². The van der Waals surface area contributed by atoms with Crippen LogP contribution < -0.4 is 4.90 Å². The summed E-state index contributed by atoms with van der Waals surface area (Å²) < 4.78 is 13.4. The highest BCUT2D eigenvalue weighted by Gasteiger charge is 2.27. The summed E-state index contributed by atoms with van der Waals surface area (Å²) in [4.78, 5) is 12.2. The Morgan fingerprint density at radius 1 is 0.926 bits per heavy atom. The first-order valence-corrected chi connectivity index (χ1v) is 9.62. The van der Waals surface area contributed by atoms with Gasteiger partial charge >= 0.3 is 0 Å². The number of para-hydroxylation sites is 2.